The minimum atomic E-state index is -2.41. The molecule has 2 fully saturated rings. The van der Waals surface area contributed by atoms with Crippen LogP contribution in [-0.2, 0) is 0 Å². The number of hydrogen-bond donors (Lipinski definition) is 1. The molecule has 2 N–H and O–H groups in total. The van der Waals surface area contributed by atoms with Crippen LogP contribution in [0, 0.1) is 5.92 Å². The molecular formula is C13H24F2N2. The molecule has 0 aliphatic heterocycles. The third-order valence-corrected chi connectivity index (χ3v) is 3.95. The molecule has 4 heteroatoms. The van der Waals surface area contributed by atoms with Crippen molar-refractivity contribution in [2.75, 3.05) is 19.6 Å². The van der Waals surface area contributed by atoms with Crippen LogP contribution in [0.1, 0.15) is 44.9 Å². The zero-order valence-electron chi connectivity index (χ0n) is 10.5. The standard InChI is InChI=1S/C13H24F2N2/c14-13(15)6-1-3-11(9-13)10-17(8-2-7-16)12-4-5-12/h11-12H,1-10,16H2. The van der Waals surface area contributed by atoms with Crippen LogP contribution >= 0.6 is 0 Å². The van der Waals surface area contributed by atoms with Gasteiger partial charge in [0.1, 0.15) is 0 Å². The second-order valence-corrected chi connectivity index (χ2v) is 5.69. The van der Waals surface area contributed by atoms with Gasteiger partial charge in [-0.05, 0) is 51.1 Å². The van der Waals surface area contributed by atoms with Crippen LogP contribution in [-0.4, -0.2) is 36.5 Å². The highest BCUT2D eigenvalue weighted by molar-refractivity contribution is 4.88. The maximum absolute atomic E-state index is 13.3. The summed E-state index contributed by atoms with van der Waals surface area (Å²) >= 11 is 0. The predicted molar refractivity (Wildman–Crippen MR) is 65.2 cm³/mol. The Kier molecular flexibility index (Phi) is 4.36. The van der Waals surface area contributed by atoms with Crippen LogP contribution in [0.4, 0.5) is 8.78 Å². The molecule has 0 aromatic carbocycles. The van der Waals surface area contributed by atoms with Crippen molar-refractivity contribution in [3.8, 4) is 0 Å². The highest BCUT2D eigenvalue weighted by Crippen LogP contribution is 2.38. The summed E-state index contributed by atoms with van der Waals surface area (Å²) in [6, 6.07) is 0.664. The second kappa shape index (κ2) is 5.61. The number of alkyl halides is 2. The van der Waals surface area contributed by atoms with Gasteiger partial charge < -0.3 is 10.6 Å². The van der Waals surface area contributed by atoms with E-state index in [0.29, 0.717) is 19.0 Å². The summed E-state index contributed by atoms with van der Waals surface area (Å²) in [5.41, 5.74) is 5.53. The van der Waals surface area contributed by atoms with Gasteiger partial charge in [0.2, 0.25) is 5.92 Å². The Morgan fingerprint density at radius 2 is 2.00 bits per heavy atom. The van der Waals surface area contributed by atoms with Crippen molar-refractivity contribution >= 4 is 0 Å². The van der Waals surface area contributed by atoms with Crippen molar-refractivity contribution in [2.45, 2.75) is 56.9 Å². The average molecular weight is 246 g/mol. The maximum atomic E-state index is 13.3. The highest BCUT2D eigenvalue weighted by Gasteiger charge is 2.38. The first-order chi connectivity index (χ1) is 8.11. The van der Waals surface area contributed by atoms with Crippen molar-refractivity contribution in [1.82, 2.24) is 4.90 Å². The van der Waals surface area contributed by atoms with Crippen molar-refractivity contribution in [3.05, 3.63) is 0 Å². The van der Waals surface area contributed by atoms with Gasteiger partial charge in [-0.2, -0.15) is 0 Å². The molecular weight excluding hydrogens is 222 g/mol. The second-order valence-electron chi connectivity index (χ2n) is 5.69. The van der Waals surface area contributed by atoms with E-state index >= 15 is 0 Å². The van der Waals surface area contributed by atoms with Gasteiger partial charge in [-0.1, -0.05) is 0 Å². The molecule has 17 heavy (non-hydrogen) atoms. The molecule has 2 saturated carbocycles. The number of rotatable bonds is 6. The first-order valence-corrected chi connectivity index (χ1v) is 6.93. The lowest BCUT2D eigenvalue weighted by molar-refractivity contribution is -0.0572. The first kappa shape index (κ1) is 13.2. The lowest BCUT2D eigenvalue weighted by Gasteiger charge is -2.33. The van der Waals surface area contributed by atoms with Gasteiger partial charge in [0.25, 0.3) is 0 Å². The van der Waals surface area contributed by atoms with Gasteiger partial charge in [0.15, 0.2) is 0 Å². The van der Waals surface area contributed by atoms with Gasteiger partial charge >= 0.3 is 0 Å². The lowest BCUT2D eigenvalue weighted by atomic mass is 9.86. The van der Waals surface area contributed by atoms with Gasteiger partial charge in [-0.15, -0.1) is 0 Å². The third-order valence-electron chi connectivity index (χ3n) is 3.95. The predicted octanol–water partition coefficient (Wildman–Crippen LogP) is 2.63. The van der Waals surface area contributed by atoms with E-state index in [1.807, 2.05) is 0 Å². The lowest BCUT2D eigenvalue weighted by Crippen LogP contribution is -2.37. The molecule has 2 nitrogen and oxygen atoms in total. The molecule has 0 amide bonds. The number of nitrogens with two attached hydrogens (primary N) is 1. The molecule has 0 spiro atoms. The van der Waals surface area contributed by atoms with Crippen LogP contribution in [0.25, 0.3) is 0 Å². The van der Waals surface area contributed by atoms with Gasteiger partial charge in [-0.25, -0.2) is 8.78 Å². The summed E-state index contributed by atoms with van der Waals surface area (Å²) in [7, 11) is 0. The topological polar surface area (TPSA) is 29.3 Å². The third kappa shape index (κ3) is 4.18. The summed E-state index contributed by atoms with van der Waals surface area (Å²) in [5, 5.41) is 0. The fraction of sp³-hybridized carbons (Fsp3) is 1.00. The molecule has 0 aromatic heterocycles. The molecule has 2 aliphatic carbocycles. The first-order valence-electron chi connectivity index (χ1n) is 6.93. The van der Waals surface area contributed by atoms with E-state index in [1.54, 1.807) is 0 Å². The minimum absolute atomic E-state index is 0.0930. The number of hydrogen-bond acceptors (Lipinski definition) is 2. The molecule has 1 unspecified atom stereocenters. The van der Waals surface area contributed by atoms with Gasteiger partial charge in [-0.3, -0.25) is 0 Å². The van der Waals surface area contributed by atoms with Crippen molar-refractivity contribution in [1.29, 1.82) is 0 Å². The van der Waals surface area contributed by atoms with Crippen LogP contribution in [0.15, 0.2) is 0 Å². The average Bonchev–Trinajstić information content (AvgIpc) is 3.06. The Hall–Kier alpha value is -0.220. The van der Waals surface area contributed by atoms with Crippen molar-refractivity contribution < 1.29 is 8.78 Å². The minimum Gasteiger partial charge on any atom is -0.330 e. The van der Waals surface area contributed by atoms with E-state index in [4.69, 9.17) is 5.73 Å². The molecule has 1 atom stereocenters. The summed E-state index contributed by atoms with van der Waals surface area (Å²) < 4.78 is 26.7. The van der Waals surface area contributed by atoms with Gasteiger partial charge in [0.05, 0.1) is 0 Å². The molecule has 0 radical (unpaired) electrons. The van der Waals surface area contributed by atoms with Crippen LogP contribution in [0.3, 0.4) is 0 Å². The Morgan fingerprint density at radius 1 is 1.24 bits per heavy atom. The summed E-state index contributed by atoms with van der Waals surface area (Å²) in [5.74, 6) is -2.22. The Labute approximate surface area is 103 Å². The Morgan fingerprint density at radius 3 is 2.59 bits per heavy atom. The smallest absolute Gasteiger partial charge is 0.248 e. The Balaban J connectivity index is 1.80. The number of halogens is 2. The molecule has 2 aliphatic rings. The van der Waals surface area contributed by atoms with Crippen molar-refractivity contribution in [3.63, 3.8) is 0 Å². The van der Waals surface area contributed by atoms with Crippen LogP contribution in [0.5, 0.6) is 0 Å². The van der Waals surface area contributed by atoms with Crippen LogP contribution in [0.2, 0.25) is 0 Å². The molecule has 0 aromatic rings. The van der Waals surface area contributed by atoms with E-state index in [9.17, 15) is 8.78 Å². The Bertz CT molecular complexity index is 242. The maximum Gasteiger partial charge on any atom is 0.248 e. The van der Waals surface area contributed by atoms with Gasteiger partial charge in [0, 0.05) is 25.4 Å². The monoisotopic (exact) mass is 246 g/mol. The van der Waals surface area contributed by atoms with E-state index in [0.717, 1.165) is 25.9 Å². The normalized spacial score (nSPS) is 28.6. The quantitative estimate of drug-likeness (QED) is 0.780. The van der Waals surface area contributed by atoms with E-state index in [1.165, 1.54) is 12.8 Å². The molecule has 0 bridgehead atoms. The van der Waals surface area contributed by atoms with Crippen molar-refractivity contribution in [2.24, 2.45) is 11.7 Å². The van der Waals surface area contributed by atoms with E-state index in [-0.39, 0.29) is 18.8 Å². The summed E-state index contributed by atoms with van der Waals surface area (Å²) in [4.78, 5) is 2.40. The zero-order chi connectivity index (χ0) is 12.3. The molecule has 0 saturated heterocycles. The summed E-state index contributed by atoms with van der Waals surface area (Å²) in [6.45, 7) is 2.55. The SMILES string of the molecule is NCCCN(CC1CCCC(F)(F)C1)C1CC1. The van der Waals surface area contributed by atoms with Crippen LogP contribution < -0.4 is 5.73 Å². The van der Waals surface area contributed by atoms with E-state index in [2.05, 4.69) is 4.90 Å². The molecule has 0 heterocycles. The largest absolute Gasteiger partial charge is 0.330 e. The number of nitrogens with zero attached hydrogens (tertiary/aromatic N) is 1. The fourth-order valence-corrected chi connectivity index (χ4v) is 2.92. The molecule has 2 rings (SSSR count). The molecule has 100 valence electrons. The zero-order valence-corrected chi connectivity index (χ0v) is 10.5. The van der Waals surface area contributed by atoms with E-state index < -0.39 is 5.92 Å². The fourth-order valence-electron chi connectivity index (χ4n) is 2.92. The summed E-state index contributed by atoms with van der Waals surface area (Å²) in [6.07, 6.45) is 5.32. The highest BCUT2D eigenvalue weighted by atomic mass is 19.3.